The lowest BCUT2D eigenvalue weighted by Crippen LogP contribution is -2.00. The predicted octanol–water partition coefficient (Wildman–Crippen LogP) is 4.30. The highest BCUT2D eigenvalue weighted by Crippen LogP contribution is 2.25. The zero-order chi connectivity index (χ0) is 12.8. The van der Waals surface area contributed by atoms with E-state index in [4.69, 9.17) is 4.74 Å². The van der Waals surface area contributed by atoms with E-state index in [0.717, 1.165) is 12.2 Å². The van der Waals surface area contributed by atoms with Crippen LogP contribution in [0.3, 0.4) is 0 Å². The molecule has 0 aliphatic carbocycles. The molecule has 0 aliphatic heterocycles. The molecule has 0 unspecified atom stereocenters. The Morgan fingerprint density at radius 2 is 1.83 bits per heavy atom. The van der Waals surface area contributed by atoms with Gasteiger partial charge in [-0.05, 0) is 30.0 Å². The third-order valence-electron chi connectivity index (χ3n) is 2.88. The number of para-hydroxylation sites is 1. The van der Waals surface area contributed by atoms with Gasteiger partial charge in [0.1, 0.15) is 12.4 Å². The van der Waals surface area contributed by atoms with Crippen LogP contribution >= 0.6 is 0 Å². The van der Waals surface area contributed by atoms with Crippen molar-refractivity contribution in [1.82, 2.24) is 0 Å². The summed E-state index contributed by atoms with van der Waals surface area (Å²) < 4.78 is 5.96. The number of allylic oxidation sites excluding steroid dienone is 1. The van der Waals surface area contributed by atoms with E-state index in [-0.39, 0.29) is 0 Å². The SMILES string of the molecule is C=CCc1cccc(C)c1OCc1ccccc1. The summed E-state index contributed by atoms with van der Waals surface area (Å²) in [5, 5.41) is 0. The van der Waals surface area contributed by atoms with Crippen LogP contribution in [-0.4, -0.2) is 0 Å². The third kappa shape index (κ3) is 3.01. The molecule has 0 saturated heterocycles. The van der Waals surface area contributed by atoms with Crippen molar-refractivity contribution in [3.63, 3.8) is 0 Å². The van der Waals surface area contributed by atoms with E-state index in [0.29, 0.717) is 6.61 Å². The van der Waals surface area contributed by atoms with Gasteiger partial charge in [-0.2, -0.15) is 0 Å². The van der Waals surface area contributed by atoms with Crippen LogP contribution in [0, 0.1) is 6.92 Å². The fourth-order valence-electron chi connectivity index (χ4n) is 1.97. The maximum Gasteiger partial charge on any atom is 0.126 e. The quantitative estimate of drug-likeness (QED) is 0.705. The average Bonchev–Trinajstić information content (AvgIpc) is 2.40. The average molecular weight is 238 g/mol. The summed E-state index contributed by atoms with van der Waals surface area (Å²) in [7, 11) is 0. The van der Waals surface area contributed by atoms with Crippen LogP contribution in [0.2, 0.25) is 0 Å². The van der Waals surface area contributed by atoms with E-state index in [1.165, 1.54) is 16.7 Å². The first kappa shape index (κ1) is 12.4. The molecule has 18 heavy (non-hydrogen) atoms. The van der Waals surface area contributed by atoms with Crippen LogP contribution < -0.4 is 4.74 Å². The molecule has 0 radical (unpaired) electrons. The molecule has 2 rings (SSSR count). The summed E-state index contributed by atoms with van der Waals surface area (Å²) in [5.41, 5.74) is 3.55. The van der Waals surface area contributed by atoms with Gasteiger partial charge in [-0.15, -0.1) is 6.58 Å². The summed E-state index contributed by atoms with van der Waals surface area (Å²) in [6, 6.07) is 16.4. The first-order valence-electron chi connectivity index (χ1n) is 6.17. The minimum atomic E-state index is 0.607. The Bertz CT molecular complexity index is 514. The smallest absolute Gasteiger partial charge is 0.126 e. The van der Waals surface area contributed by atoms with Crippen LogP contribution in [0.1, 0.15) is 16.7 Å². The Labute approximate surface area is 109 Å². The molecule has 2 aromatic carbocycles. The van der Waals surface area contributed by atoms with E-state index in [2.05, 4.69) is 43.8 Å². The second-order valence-electron chi connectivity index (χ2n) is 4.33. The molecule has 0 saturated carbocycles. The highest BCUT2D eigenvalue weighted by atomic mass is 16.5. The molecular weight excluding hydrogens is 220 g/mol. The van der Waals surface area contributed by atoms with E-state index in [1.54, 1.807) is 0 Å². The topological polar surface area (TPSA) is 9.23 Å². The third-order valence-corrected chi connectivity index (χ3v) is 2.88. The van der Waals surface area contributed by atoms with Gasteiger partial charge in [-0.1, -0.05) is 54.6 Å². The molecular formula is C17H18O. The van der Waals surface area contributed by atoms with E-state index < -0.39 is 0 Å². The molecule has 0 atom stereocenters. The Kier molecular flexibility index (Phi) is 4.19. The van der Waals surface area contributed by atoms with E-state index >= 15 is 0 Å². The van der Waals surface area contributed by atoms with Crippen molar-refractivity contribution in [2.75, 3.05) is 0 Å². The van der Waals surface area contributed by atoms with Crippen molar-refractivity contribution in [2.45, 2.75) is 20.0 Å². The van der Waals surface area contributed by atoms with Crippen LogP contribution in [0.15, 0.2) is 61.2 Å². The predicted molar refractivity (Wildman–Crippen MR) is 75.9 cm³/mol. The standard InChI is InChI=1S/C17H18O/c1-3-8-16-12-7-9-14(2)17(16)18-13-15-10-5-4-6-11-15/h3-7,9-12H,1,8,13H2,2H3. The number of hydrogen-bond donors (Lipinski definition) is 0. The second kappa shape index (κ2) is 6.06. The minimum Gasteiger partial charge on any atom is -0.488 e. The number of aryl methyl sites for hydroxylation is 1. The lowest BCUT2D eigenvalue weighted by Gasteiger charge is -2.13. The van der Waals surface area contributed by atoms with Gasteiger partial charge >= 0.3 is 0 Å². The van der Waals surface area contributed by atoms with E-state index in [9.17, 15) is 0 Å². The Morgan fingerprint density at radius 1 is 1.06 bits per heavy atom. The molecule has 1 nitrogen and oxygen atoms in total. The molecule has 0 fully saturated rings. The van der Waals surface area contributed by atoms with Crippen molar-refractivity contribution < 1.29 is 4.74 Å². The Morgan fingerprint density at radius 3 is 2.56 bits per heavy atom. The van der Waals surface area contributed by atoms with Crippen molar-refractivity contribution >= 4 is 0 Å². The summed E-state index contributed by atoms with van der Waals surface area (Å²) in [6.45, 7) is 6.47. The molecule has 0 aromatic heterocycles. The first-order valence-corrected chi connectivity index (χ1v) is 6.17. The van der Waals surface area contributed by atoms with Gasteiger partial charge in [-0.3, -0.25) is 0 Å². The molecule has 92 valence electrons. The van der Waals surface area contributed by atoms with Gasteiger partial charge in [0.25, 0.3) is 0 Å². The fourth-order valence-corrected chi connectivity index (χ4v) is 1.97. The zero-order valence-electron chi connectivity index (χ0n) is 10.7. The molecule has 0 bridgehead atoms. The largest absolute Gasteiger partial charge is 0.488 e. The minimum absolute atomic E-state index is 0.607. The monoisotopic (exact) mass is 238 g/mol. The van der Waals surface area contributed by atoms with Crippen LogP contribution in [0.4, 0.5) is 0 Å². The molecule has 2 aromatic rings. The second-order valence-corrected chi connectivity index (χ2v) is 4.33. The molecule has 0 spiro atoms. The van der Waals surface area contributed by atoms with Crippen molar-refractivity contribution in [1.29, 1.82) is 0 Å². The summed E-state index contributed by atoms with van der Waals surface area (Å²) in [4.78, 5) is 0. The molecule has 0 N–H and O–H groups in total. The van der Waals surface area contributed by atoms with Crippen molar-refractivity contribution in [3.8, 4) is 5.75 Å². The zero-order valence-corrected chi connectivity index (χ0v) is 10.7. The molecule has 0 aliphatic rings. The Hall–Kier alpha value is -2.02. The molecule has 0 amide bonds. The van der Waals surface area contributed by atoms with Gasteiger partial charge in [0.2, 0.25) is 0 Å². The molecule has 0 heterocycles. The Balaban J connectivity index is 2.15. The maximum absolute atomic E-state index is 5.96. The number of benzene rings is 2. The maximum atomic E-state index is 5.96. The van der Waals surface area contributed by atoms with Crippen LogP contribution in [0.5, 0.6) is 5.75 Å². The van der Waals surface area contributed by atoms with Gasteiger partial charge < -0.3 is 4.74 Å². The number of hydrogen-bond acceptors (Lipinski definition) is 1. The van der Waals surface area contributed by atoms with Gasteiger partial charge in [0.05, 0.1) is 0 Å². The van der Waals surface area contributed by atoms with Gasteiger partial charge in [-0.25, -0.2) is 0 Å². The van der Waals surface area contributed by atoms with Crippen LogP contribution in [-0.2, 0) is 13.0 Å². The highest BCUT2D eigenvalue weighted by Gasteiger charge is 2.05. The van der Waals surface area contributed by atoms with Crippen LogP contribution in [0.25, 0.3) is 0 Å². The lowest BCUT2D eigenvalue weighted by molar-refractivity contribution is 0.301. The summed E-state index contributed by atoms with van der Waals surface area (Å²) in [5.74, 6) is 0.987. The van der Waals surface area contributed by atoms with E-state index in [1.807, 2.05) is 24.3 Å². The fraction of sp³-hybridized carbons (Fsp3) is 0.176. The highest BCUT2D eigenvalue weighted by molar-refractivity contribution is 5.41. The van der Waals surface area contributed by atoms with Gasteiger partial charge in [0, 0.05) is 0 Å². The summed E-state index contributed by atoms with van der Waals surface area (Å²) >= 11 is 0. The van der Waals surface area contributed by atoms with Crippen molar-refractivity contribution in [3.05, 3.63) is 77.9 Å². The number of rotatable bonds is 5. The normalized spacial score (nSPS) is 10.1. The van der Waals surface area contributed by atoms with Crippen molar-refractivity contribution in [2.24, 2.45) is 0 Å². The first-order chi connectivity index (χ1) is 8.81. The van der Waals surface area contributed by atoms with Gasteiger partial charge in [0.15, 0.2) is 0 Å². The summed E-state index contributed by atoms with van der Waals surface area (Å²) in [6.07, 6.45) is 2.75. The lowest BCUT2D eigenvalue weighted by atomic mass is 10.1. The number of ether oxygens (including phenoxy) is 1. The molecule has 1 heteroatoms.